The van der Waals surface area contributed by atoms with Crippen LogP contribution in [0.3, 0.4) is 0 Å². The number of nitrogens with zero attached hydrogens (tertiary/aromatic N) is 1. The first kappa shape index (κ1) is 32.3. The molecule has 9 rings (SSSR count). The molecule has 1 aliphatic rings. The minimum Gasteiger partial charge on any atom is -0.455 e. The molecule has 0 saturated carbocycles. The molecule has 0 saturated heterocycles. The third kappa shape index (κ3) is 6.09. The summed E-state index contributed by atoms with van der Waals surface area (Å²) >= 11 is 0. The van der Waals surface area contributed by atoms with E-state index in [9.17, 15) is 0 Å². The molecule has 0 bridgehead atoms. The fourth-order valence-corrected chi connectivity index (χ4v) is 7.63. The van der Waals surface area contributed by atoms with Crippen LogP contribution in [0.2, 0.25) is 0 Å². The van der Waals surface area contributed by atoms with Gasteiger partial charge in [0, 0.05) is 27.9 Å². The lowest BCUT2D eigenvalue weighted by Gasteiger charge is -2.37. The van der Waals surface area contributed by atoms with E-state index in [0.717, 1.165) is 28.6 Å². The highest BCUT2D eigenvalue weighted by Gasteiger charge is 2.36. The highest BCUT2D eigenvalue weighted by molar-refractivity contribution is 5.85. The predicted molar refractivity (Wildman–Crippen MR) is 222 cm³/mol. The average Bonchev–Trinajstić information content (AvgIpc) is 3.23. The van der Waals surface area contributed by atoms with Crippen LogP contribution in [-0.2, 0) is 5.41 Å². The molecule has 2 nitrogen and oxygen atoms in total. The number of ether oxygens (including phenoxy) is 1. The smallest absolute Gasteiger partial charge is 0.155 e. The van der Waals surface area contributed by atoms with Gasteiger partial charge >= 0.3 is 0 Å². The lowest BCUT2D eigenvalue weighted by atomic mass is 9.75. The van der Waals surface area contributed by atoms with Gasteiger partial charge in [0.15, 0.2) is 5.75 Å². The Morgan fingerprint density at radius 2 is 0.698 bits per heavy atom. The Labute approximate surface area is 312 Å². The summed E-state index contributed by atoms with van der Waals surface area (Å²) in [4.78, 5) is 2.33. The zero-order chi connectivity index (χ0) is 35.8. The quantitative estimate of drug-likeness (QED) is 0.166. The zero-order valence-electron chi connectivity index (χ0n) is 29.9. The summed E-state index contributed by atoms with van der Waals surface area (Å²) < 4.78 is 6.81. The van der Waals surface area contributed by atoms with Gasteiger partial charge in [0.25, 0.3) is 0 Å². The van der Waals surface area contributed by atoms with Crippen molar-refractivity contribution in [3.8, 4) is 56.0 Å². The Bertz CT molecular complexity index is 2370. The van der Waals surface area contributed by atoms with E-state index in [0.29, 0.717) is 0 Å². The molecule has 254 valence electrons. The van der Waals surface area contributed by atoms with Gasteiger partial charge in [0.1, 0.15) is 5.75 Å². The Morgan fingerprint density at radius 3 is 1.15 bits per heavy atom. The van der Waals surface area contributed by atoms with Crippen molar-refractivity contribution in [2.24, 2.45) is 0 Å². The Hall–Kier alpha value is -6.64. The average molecular weight is 682 g/mol. The van der Waals surface area contributed by atoms with Crippen LogP contribution in [-0.4, -0.2) is 0 Å². The van der Waals surface area contributed by atoms with Crippen molar-refractivity contribution in [2.75, 3.05) is 4.90 Å². The van der Waals surface area contributed by atoms with Gasteiger partial charge in [-0.25, -0.2) is 0 Å². The Balaban J connectivity index is 1.10. The second kappa shape index (κ2) is 13.5. The van der Waals surface area contributed by atoms with Crippen LogP contribution in [0, 0.1) is 0 Å². The van der Waals surface area contributed by atoms with Gasteiger partial charge in [-0.3, -0.25) is 0 Å². The molecule has 8 aromatic carbocycles. The molecule has 0 atom stereocenters. The van der Waals surface area contributed by atoms with Gasteiger partial charge in [-0.05, 0) is 80.9 Å². The van der Waals surface area contributed by atoms with Crippen LogP contribution in [0.25, 0.3) is 44.5 Å². The standard InChI is InChI=1S/C51H39NO/c1-51(2)46-16-9-10-19-49(46)53-50-47(51)17-11-18-48(50)52(44-32-28-42(29-33-44)40-24-20-38(21-25-40)36-12-5-3-6-13-36)45-34-30-43(31-35-45)41-26-22-39(23-27-41)37-14-7-4-8-15-37/h3-35H,1-2H3. The van der Waals surface area contributed by atoms with Gasteiger partial charge < -0.3 is 9.64 Å². The summed E-state index contributed by atoms with van der Waals surface area (Å²) in [6.45, 7) is 4.58. The zero-order valence-corrected chi connectivity index (χ0v) is 29.9. The molecular formula is C51H39NO. The molecule has 0 amide bonds. The van der Waals surface area contributed by atoms with E-state index in [4.69, 9.17) is 4.74 Å². The monoisotopic (exact) mass is 681 g/mol. The van der Waals surface area contributed by atoms with Gasteiger partial charge in [0.2, 0.25) is 0 Å². The van der Waals surface area contributed by atoms with E-state index in [-0.39, 0.29) is 5.41 Å². The summed E-state index contributed by atoms with van der Waals surface area (Å²) in [5, 5.41) is 0. The molecule has 53 heavy (non-hydrogen) atoms. The van der Waals surface area contributed by atoms with Crippen LogP contribution in [0.5, 0.6) is 11.5 Å². The summed E-state index contributed by atoms with van der Waals surface area (Å²) in [6, 6.07) is 71.4. The number of para-hydroxylation sites is 2. The number of hydrogen-bond acceptors (Lipinski definition) is 2. The maximum atomic E-state index is 6.81. The molecular weight excluding hydrogens is 643 g/mol. The number of rotatable bonds is 7. The molecule has 0 radical (unpaired) electrons. The minimum atomic E-state index is -0.225. The number of benzene rings is 8. The first-order chi connectivity index (χ1) is 26.0. The minimum absolute atomic E-state index is 0.225. The first-order valence-electron chi connectivity index (χ1n) is 18.3. The third-order valence-corrected chi connectivity index (χ3v) is 10.6. The van der Waals surface area contributed by atoms with Crippen molar-refractivity contribution in [3.05, 3.63) is 211 Å². The van der Waals surface area contributed by atoms with Crippen molar-refractivity contribution in [1.82, 2.24) is 0 Å². The topological polar surface area (TPSA) is 12.5 Å². The fraction of sp³-hybridized carbons (Fsp3) is 0.0588. The molecule has 0 spiro atoms. The molecule has 0 aromatic heterocycles. The third-order valence-electron chi connectivity index (χ3n) is 10.6. The normalized spacial score (nSPS) is 12.6. The maximum Gasteiger partial charge on any atom is 0.155 e. The van der Waals surface area contributed by atoms with Gasteiger partial charge in [-0.2, -0.15) is 0 Å². The SMILES string of the molecule is CC1(C)c2ccccc2Oc2c(N(c3ccc(-c4ccc(-c5ccccc5)cc4)cc3)c3ccc(-c4ccc(-c5ccccc5)cc4)cc3)cccc21. The van der Waals surface area contributed by atoms with Crippen molar-refractivity contribution >= 4 is 17.1 Å². The van der Waals surface area contributed by atoms with Gasteiger partial charge in [0.05, 0.1) is 5.69 Å². The van der Waals surface area contributed by atoms with Crippen molar-refractivity contribution < 1.29 is 4.74 Å². The van der Waals surface area contributed by atoms with Crippen LogP contribution < -0.4 is 9.64 Å². The van der Waals surface area contributed by atoms with Crippen molar-refractivity contribution in [1.29, 1.82) is 0 Å². The Morgan fingerprint density at radius 1 is 0.340 bits per heavy atom. The molecule has 1 aliphatic heterocycles. The van der Waals surface area contributed by atoms with Crippen molar-refractivity contribution in [2.45, 2.75) is 19.3 Å². The predicted octanol–water partition coefficient (Wildman–Crippen LogP) is 14.3. The molecule has 0 unspecified atom stereocenters. The highest BCUT2D eigenvalue weighted by atomic mass is 16.5. The second-order valence-corrected chi connectivity index (χ2v) is 14.2. The fourth-order valence-electron chi connectivity index (χ4n) is 7.63. The maximum absolute atomic E-state index is 6.81. The number of anilines is 3. The molecule has 2 heteroatoms. The van der Waals surface area contributed by atoms with Crippen LogP contribution >= 0.6 is 0 Å². The van der Waals surface area contributed by atoms with Crippen LogP contribution in [0.1, 0.15) is 25.0 Å². The van der Waals surface area contributed by atoms with E-state index >= 15 is 0 Å². The molecule has 0 aliphatic carbocycles. The van der Waals surface area contributed by atoms with Gasteiger partial charge in [-0.1, -0.05) is 178 Å². The van der Waals surface area contributed by atoms with E-state index in [2.05, 4.69) is 219 Å². The lowest BCUT2D eigenvalue weighted by molar-refractivity contribution is 0.419. The van der Waals surface area contributed by atoms with Crippen LogP contribution in [0.4, 0.5) is 17.1 Å². The molecule has 0 fully saturated rings. The van der Waals surface area contributed by atoms with Gasteiger partial charge in [-0.15, -0.1) is 0 Å². The highest BCUT2D eigenvalue weighted by Crippen LogP contribution is 2.53. The Kier molecular flexibility index (Phi) is 8.21. The molecule has 8 aromatic rings. The number of fused-ring (bicyclic) bond motifs is 2. The molecule has 0 N–H and O–H groups in total. The van der Waals surface area contributed by atoms with Crippen LogP contribution in [0.15, 0.2) is 200 Å². The van der Waals surface area contributed by atoms with Crippen molar-refractivity contribution in [3.63, 3.8) is 0 Å². The number of hydrogen-bond donors (Lipinski definition) is 0. The first-order valence-corrected chi connectivity index (χ1v) is 18.3. The van der Waals surface area contributed by atoms with E-state index in [1.807, 2.05) is 0 Å². The summed E-state index contributed by atoms with van der Waals surface area (Å²) in [5.41, 5.74) is 14.8. The lowest BCUT2D eigenvalue weighted by Crippen LogP contribution is -2.25. The van der Waals surface area contributed by atoms with E-state index in [1.54, 1.807) is 0 Å². The summed E-state index contributed by atoms with van der Waals surface area (Å²) in [5.74, 6) is 1.79. The molecule has 1 heterocycles. The van der Waals surface area contributed by atoms with E-state index in [1.165, 1.54) is 55.6 Å². The summed E-state index contributed by atoms with van der Waals surface area (Å²) in [6.07, 6.45) is 0. The largest absolute Gasteiger partial charge is 0.455 e. The second-order valence-electron chi connectivity index (χ2n) is 14.2. The summed E-state index contributed by atoms with van der Waals surface area (Å²) in [7, 11) is 0. The van der Waals surface area contributed by atoms with E-state index < -0.39 is 0 Å².